The minimum absolute atomic E-state index is 0.207. The Hall–Kier alpha value is -3.66. The monoisotopic (exact) mass is 410 g/mol. The third-order valence-electron chi connectivity index (χ3n) is 5.51. The van der Waals surface area contributed by atoms with Crippen molar-refractivity contribution in [2.45, 2.75) is 20.0 Å². The molecule has 1 fully saturated rings. The summed E-state index contributed by atoms with van der Waals surface area (Å²) in [5, 5.41) is 0. The van der Waals surface area contributed by atoms with Crippen molar-refractivity contribution in [3.05, 3.63) is 119 Å². The van der Waals surface area contributed by atoms with Gasteiger partial charge in [0.15, 0.2) is 11.6 Å². The van der Waals surface area contributed by atoms with E-state index in [2.05, 4.69) is 34.1 Å². The molecule has 1 aliphatic heterocycles. The van der Waals surface area contributed by atoms with Gasteiger partial charge in [-0.05, 0) is 18.1 Å². The molecule has 0 aliphatic carbocycles. The summed E-state index contributed by atoms with van der Waals surface area (Å²) in [6.45, 7) is 4.31. The number of carbonyl (C=O) groups excluding carboxylic acids is 2. The third-order valence-corrected chi connectivity index (χ3v) is 5.51. The molecule has 31 heavy (non-hydrogen) atoms. The lowest BCUT2D eigenvalue weighted by Gasteiger charge is -2.27. The summed E-state index contributed by atoms with van der Waals surface area (Å²) in [6.07, 6.45) is 0. The minimum atomic E-state index is -0.221. The maximum atomic E-state index is 13.4. The Kier molecular flexibility index (Phi) is 6.27. The van der Waals surface area contributed by atoms with Crippen LogP contribution < -0.4 is 0 Å². The Morgan fingerprint density at radius 3 is 1.52 bits per heavy atom. The fourth-order valence-corrected chi connectivity index (χ4v) is 4.04. The van der Waals surface area contributed by atoms with Gasteiger partial charge in [-0.15, -0.1) is 0 Å². The first-order valence-corrected chi connectivity index (χ1v) is 10.6. The van der Waals surface area contributed by atoms with Gasteiger partial charge in [-0.1, -0.05) is 91.0 Å². The van der Waals surface area contributed by atoms with Crippen molar-refractivity contribution in [3.8, 4) is 0 Å². The second-order valence-corrected chi connectivity index (χ2v) is 7.76. The predicted octanol–water partition coefficient (Wildman–Crippen LogP) is 4.69. The highest BCUT2D eigenvalue weighted by Gasteiger charge is 2.33. The summed E-state index contributed by atoms with van der Waals surface area (Å²) < 4.78 is 0. The Labute approximate surface area is 183 Å². The highest BCUT2D eigenvalue weighted by molar-refractivity contribution is 6.26. The van der Waals surface area contributed by atoms with Gasteiger partial charge >= 0.3 is 0 Å². The first kappa shape index (κ1) is 20.6. The zero-order valence-electron chi connectivity index (χ0n) is 17.7. The molecule has 1 aliphatic rings. The Morgan fingerprint density at radius 2 is 1.10 bits per heavy atom. The van der Waals surface area contributed by atoms with Crippen molar-refractivity contribution in [2.24, 2.45) is 0 Å². The summed E-state index contributed by atoms with van der Waals surface area (Å²) >= 11 is 0. The van der Waals surface area contributed by atoms with E-state index >= 15 is 0 Å². The van der Waals surface area contributed by atoms with Crippen LogP contribution in [0.4, 0.5) is 0 Å². The number of hydrogen-bond donors (Lipinski definition) is 0. The fourth-order valence-electron chi connectivity index (χ4n) is 4.04. The van der Waals surface area contributed by atoms with Gasteiger partial charge in [-0.3, -0.25) is 9.59 Å². The Morgan fingerprint density at radius 1 is 0.677 bits per heavy atom. The van der Waals surface area contributed by atoms with Crippen LogP contribution in [0.15, 0.2) is 102 Å². The average Bonchev–Trinajstić information content (AvgIpc) is 3.17. The molecule has 3 aromatic carbocycles. The van der Waals surface area contributed by atoms with E-state index in [1.165, 1.54) is 6.92 Å². The van der Waals surface area contributed by atoms with Crippen LogP contribution in [0.3, 0.4) is 0 Å². The van der Waals surface area contributed by atoms with Gasteiger partial charge in [0, 0.05) is 31.7 Å². The number of rotatable bonds is 7. The van der Waals surface area contributed by atoms with Gasteiger partial charge in [0.2, 0.25) is 0 Å². The SMILES string of the molecule is CC(=O)C(C(=O)c1ccccc1)=C1N(Cc2ccccc2)CCN1Cc1ccccc1. The third kappa shape index (κ3) is 4.75. The maximum Gasteiger partial charge on any atom is 0.200 e. The Balaban J connectivity index is 1.77. The summed E-state index contributed by atoms with van der Waals surface area (Å²) in [6, 6.07) is 29.4. The molecule has 1 saturated heterocycles. The van der Waals surface area contributed by atoms with E-state index in [4.69, 9.17) is 0 Å². The molecule has 0 saturated carbocycles. The largest absolute Gasteiger partial charge is 0.351 e. The topological polar surface area (TPSA) is 40.6 Å². The van der Waals surface area contributed by atoms with Crippen LogP contribution >= 0.6 is 0 Å². The van der Waals surface area contributed by atoms with Gasteiger partial charge in [0.25, 0.3) is 0 Å². The van der Waals surface area contributed by atoms with E-state index in [9.17, 15) is 9.59 Å². The van der Waals surface area contributed by atoms with Crippen molar-refractivity contribution >= 4 is 11.6 Å². The van der Waals surface area contributed by atoms with Crippen LogP contribution in [0.2, 0.25) is 0 Å². The van der Waals surface area contributed by atoms with Crippen molar-refractivity contribution in [1.82, 2.24) is 9.80 Å². The summed E-state index contributed by atoms with van der Waals surface area (Å²) in [4.78, 5) is 30.6. The molecule has 0 aromatic heterocycles. The van der Waals surface area contributed by atoms with Crippen molar-refractivity contribution < 1.29 is 9.59 Å². The first-order chi connectivity index (χ1) is 15.1. The summed E-state index contributed by atoms with van der Waals surface area (Å²) in [5.41, 5.74) is 3.09. The number of nitrogens with zero attached hydrogens (tertiary/aromatic N) is 2. The summed E-state index contributed by atoms with van der Waals surface area (Å²) in [5.74, 6) is 0.303. The van der Waals surface area contributed by atoms with E-state index in [-0.39, 0.29) is 17.1 Å². The molecular weight excluding hydrogens is 384 g/mol. The molecule has 156 valence electrons. The molecule has 0 N–H and O–H groups in total. The second-order valence-electron chi connectivity index (χ2n) is 7.76. The van der Waals surface area contributed by atoms with Crippen molar-refractivity contribution in [1.29, 1.82) is 0 Å². The van der Waals surface area contributed by atoms with Crippen LogP contribution in [-0.4, -0.2) is 34.5 Å². The number of carbonyl (C=O) groups is 2. The quantitative estimate of drug-likeness (QED) is 0.245. The van der Waals surface area contributed by atoms with Crippen molar-refractivity contribution in [2.75, 3.05) is 13.1 Å². The Bertz CT molecular complexity index is 1020. The van der Waals surface area contributed by atoms with Crippen LogP contribution in [-0.2, 0) is 17.9 Å². The molecular formula is C27H26N2O2. The summed E-state index contributed by atoms with van der Waals surface area (Å²) in [7, 11) is 0. The van der Waals surface area contributed by atoms with Crippen LogP contribution in [0.1, 0.15) is 28.4 Å². The smallest absolute Gasteiger partial charge is 0.200 e. The zero-order valence-corrected chi connectivity index (χ0v) is 17.7. The fraction of sp³-hybridized carbons (Fsp3) is 0.185. The maximum absolute atomic E-state index is 13.4. The van der Waals surface area contributed by atoms with Gasteiger partial charge in [0.1, 0.15) is 11.4 Å². The normalized spacial score (nSPS) is 13.4. The van der Waals surface area contributed by atoms with Gasteiger partial charge in [-0.25, -0.2) is 0 Å². The van der Waals surface area contributed by atoms with Gasteiger partial charge < -0.3 is 9.80 Å². The number of allylic oxidation sites excluding steroid dienone is 1. The van der Waals surface area contributed by atoms with Crippen LogP contribution in [0.5, 0.6) is 0 Å². The molecule has 3 aromatic rings. The predicted molar refractivity (Wildman–Crippen MR) is 122 cm³/mol. The molecule has 1 heterocycles. The molecule has 0 bridgehead atoms. The van der Waals surface area contributed by atoms with E-state index in [0.29, 0.717) is 18.7 Å². The number of hydrogen-bond acceptors (Lipinski definition) is 4. The molecule has 4 nitrogen and oxygen atoms in total. The zero-order chi connectivity index (χ0) is 21.6. The second kappa shape index (κ2) is 9.43. The molecule has 0 unspecified atom stereocenters. The molecule has 0 radical (unpaired) electrons. The number of benzene rings is 3. The van der Waals surface area contributed by atoms with Gasteiger partial charge in [0.05, 0.1) is 0 Å². The first-order valence-electron chi connectivity index (χ1n) is 10.6. The van der Waals surface area contributed by atoms with E-state index in [1.54, 1.807) is 12.1 Å². The van der Waals surface area contributed by atoms with Crippen LogP contribution in [0.25, 0.3) is 0 Å². The lowest BCUT2D eigenvalue weighted by atomic mass is 9.99. The van der Waals surface area contributed by atoms with Crippen molar-refractivity contribution in [3.63, 3.8) is 0 Å². The standard InChI is InChI=1S/C27H26N2O2/c1-21(30)25(26(31)24-15-9-4-10-16-24)27-28(19-22-11-5-2-6-12-22)17-18-29(27)20-23-13-7-3-8-14-23/h2-16H,17-20H2,1H3. The highest BCUT2D eigenvalue weighted by atomic mass is 16.1. The lowest BCUT2D eigenvalue weighted by molar-refractivity contribution is -0.113. The average molecular weight is 411 g/mol. The minimum Gasteiger partial charge on any atom is -0.351 e. The highest BCUT2D eigenvalue weighted by Crippen LogP contribution is 2.28. The van der Waals surface area contributed by atoms with E-state index in [1.807, 2.05) is 54.6 Å². The molecule has 4 rings (SSSR count). The molecule has 4 heteroatoms. The van der Waals surface area contributed by atoms with Crippen LogP contribution in [0, 0.1) is 0 Å². The lowest BCUT2D eigenvalue weighted by Crippen LogP contribution is -2.29. The van der Waals surface area contributed by atoms with E-state index in [0.717, 1.165) is 30.0 Å². The number of Topliss-reactive ketones (excluding diaryl/α,β-unsaturated/α-hetero) is 2. The number of ketones is 2. The van der Waals surface area contributed by atoms with E-state index < -0.39 is 0 Å². The molecule has 0 spiro atoms. The molecule has 0 amide bonds. The molecule has 0 atom stereocenters. The van der Waals surface area contributed by atoms with Gasteiger partial charge in [-0.2, -0.15) is 0 Å².